The maximum atomic E-state index is 10.4. The van der Waals surface area contributed by atoms with E-state index in [2.05, 4.69) is 10.2 Å². The van der Waals surface area contributed by atoms with Gasteiger partial charge in [-0.2, -0.15) is 4.68 Å². The fraction of sp³-hybridized carbons (Fsp3) is 0. The molecule has 0 aliphatic carbocycles. The zero-order chi connectivity index (χ0) is 6.85. The van der Waals surface area contributed by atoms with Crippen molar-refractivity contribution in [2.24, 2.45) is 0 Å². The molecular formula is C3H4N4O2. The molecule has 0 atom stereocenters. The van der Waals surface area contributed by atoms with Gasteiger partial charge in [0, 0.05) is 0 Å². The number of aromatic nitrogens is 3. The van der Waals surface area contributed by atoms with Gasteiger partial charge in [0.25, 0.3) is 5.56 Å². The molecule has 1 aromatic rings. The standard InChI is InChI=1S/C3H4N4O2/c4-7-2(8)1-5-6-3(7)9/h1H,4H2,(H,6,9). The van der Waals surface area contributed by atoms with Crippen LogP contribution in [0.25, 0.3) is 0 Å². The Morgan fingerprint density at radius 1 is 1.78 bits per heavy atom. The lowest BCUT2D eigenvalue weighted by molar-refractivity contribution is 0.396. The normalized spacial score (nSPS) is 9.33. The van der Waals surface area contributed by atoms with Gasteiger partial charge in [0.2, 0.25) is 0 Å². The molecule has 0 aliphatic rings. The maximum Gasteiger partial charge on any atom is 0.335 e. The molecule has 0 radical (unpaired) electrons. The van der Waals surface area contributed by atoms with Crippen LogP contribution in [-0.4, -0.2) is 20.0 Å². The Balaban J connectivity index is 3.43. The van der Waals surface area contributed by atoms with E-state index >= 15 is 0 Å². The van der Waals surface area contributed by atoms with Crippen LogP contribution in [0.2, 0.25) is 0 Å². The summed E-state index contributed by atoms with van der Waals surface area (Å²) in [6, 6.07) is -0.595. The van der Waals surface area contributed by atoms with Gasteiger partial charge >= 0.3 is 6.01 Å². The number of nitrogens with zero attached hydrogens (tertiary/aromatic N) is 3. The van der Waals surface area contributed by atoms with Gasteiger partial charge in [-0.25, -0.2) is 0 Å². The fourth-order valence-corrected chi connectivity index (χ4v) is 0.339. The Morgan fingerprint density at radius 3 is 2.89 bits per heavy atom. The topological polar surface area (TPSA) is 94.0 Å². The van der Waals surface area contributed by atoms with Gasteiger partial charge in [-0.15, -0.1) is 5.10 Å². The summed E-state index contributed by atoms with van der Waals surface area (Å²) in [5.41, 5.74) is -0.595. The Kier molecular flexibility index (Phi) is 1.07. The third-order valence-corrected chi connectivity index (χ3v) is 0.768. The van der Waals surface area contributed by atoms with E-state index in [0.29, 0.717) is 4.68 Å². The number of hydrogen-bond acceptors (Lipinski definition) is 5. The molecule has 0 aromatic carbocycles. The lowest BCUT2D eigenvalue weighted by Gasteiger charge is -1.93. The van der Waals surface area contributed by atoms with Crippen molar-refractivity contribution < 1.29 is 5.11 Å². The van der Waals surface area contributed by atoms with Crippen molar-refractivity contribution in [2.45, 2.75) is 0 Å². The zero-order valence-corrected chi connectivity index (χ0v) is 4.35. The van der Waals surface area contributed by atoms with Crippen LogP contribution in [0.5, 0.6) is 6.01 Å². The van der Waals surface area contributed by atoms with Crippen molar-refractivity contribution in [1.82, 2.24) is 14.9 Å². The second-order valence-corrected chi connectivity index (χ2v) is 1.35. The quantitative estimate of drug-likeness (QED) is 0.396. The molecule has 0 aliphatic heterocycles. The molecule has 1 aromatic heterocycles. The maximum absolute atomic E-state index is 10.4. The first kappa shape index (κ1) is 5.54. The van der Waals surface area contributed by atoms with Crippen LogP contribution >= 0.6 is 0 Å². The molecule has 0 fully saturated rings. The van der Waals surface area contributed by atoms with Gasteiger partial charge in [-0.3, -0.25) is 4.79 Å². The van der Waals surface area contributed by atoms with Crippen LogP contribution in [0.3, 0.4) is 0 Å². The largest absolute Gasteiger partial charge is 0.478 e. The molecule has 6 nitrogen and oxygen atoms in total. The van der Waals surface area contributed by atoms with E-state index in [9.17, 15) is 4.79 Å². The molecule has 0 spiro atoms. The fourth-order valence-electron chi connectivity index (χ4n) is 0.339. The first-order chi connectivity index (χ1) is 4.22. The molecule has 0 saturated carbocycles. The van der Waals surface area contributed by atoms with Crippen LogP contribution in [-0.2, 0) is 0 Å². The van der Waals surface area contributed by atoms with Crippen molar-refractivity contribution in [2.75, 3.05) is 5.84 Å². The number of nitrogens with two attached hydrogens (primary N) is 1. The summed E-state index contributed by atoms with van der Waals surface area (Å²) < 4.78 is 0.493. The van der Waals surface area contributed by atoms with Crippen molar-refractivity contribution in [3.63, 3.8) is 0 Å². The number of hydrogen-bond donors (Lipinski definition) is 2. The van der Waals surface area contributed by atoms with Crippen molar-refractivity contribution in [3.05, 3.63) is 16.6 Å². The summed E-state index contributed by atoms with van der Waals surface area (Å²) in [7, 11) is 0. The average Bonchev–Trinajstić information content (AvgIpc) is 1.83. The van der Waals surface area contributed by atoms with E-state index in [4.69, 9.17) is 10.9 Å². The highest BCUT2D eigenvalue weighted by Crippen LogP contribution is 1.87. The minimum Gasteiger partial charge on any atom is -0.478 e. The molecule has 1 rings (SSSR count). The highest BCUT2D eigenvalue weighted by Gasteiger charge is 1.95. The monoisotopic (exact) mass is 128 g/mol. The first-order valence-electron chi connectivity index (χ1n) is 2.10. The van der Waals surface area contributed by atoms with E-state index in [1.54, 1.807) is 0 Å². The summed E-state index contributed by atoms with van der Waals surface area (Å²) in [5.74, 6) is 4.93. The lowest BCUT2D eigenvalue weighted by Crippen LogP contribution is -2.27. The second-order valence-electron chi connectivity index (χ2n) is 1.35. The minimum absolute atomic E-state index is 0.493. The van der Waals surface area contributed by atoms with Gasteiger partial charge < -0.3 is 10.9 Å². The Hall–Kier alpha value is -1.59. The van der Waals surface area contributed by atoms with Crippen molar-refractivity contribution >= 4 is 0 Å². The summed E-state index contributed by atoms with van der Waals surface area (Å²) >= 11 is 0. The Labute approximate surface area is 49.5 Å². The molecule has 0 unspecified atom stereocenters. The van der Waals surface area contributed by atoms with E-state index in [1.807, 2.05) is 0 Å². The summed E-state index contributed by atoms with van der Waals surface area (Å²) in [5, 5.41) is 14.8. The lowest BCUT2D eigenvalue weighted by atomic mass is 10.8. The SMILES string of the molecule is Nn1c(O)nncc1=O. The average molecular weight is 128 g/mol. The molecule has 48 valence electrons. The molecule has 6 heteroatoms. The molecule has 1 heterocycles. The molecule has 3 N–H and O–H groups in total. The predicted molar refractivity (Wildman–Crippen MR) is 28.1 cm³/mol. The highest BCUT2D eigenvalue weighted by atomic mass is 16.3. The summed E-state index contributed by atoms with van der Waals surface area (Å²) in [6.45, 7) is 0. The van der Waals surface area contributed by atoms with Crippen LogP contribution in [0, 0.1) is 0 Å². The zero-order valence-electron chi connectivity index (χ0n) is 4.35. The molecule has 9 heavy (non-hydrogen) atoms. The van der Waals surface area contributed by atoms with Crippen LogP contribution in [0.1, 0.15) is 0 Å². The van der Waals surface area contributed by atoms with Gasteiger partial charge in [0.15, 0.2) is 0 Å². The van der Waals surface area contributed by atoms with Gasteiger partial charge in [-0.05, 0) is 0 Å². The molecular weight excluding hydrogens is 124 g/mol. The minimum atomic E-state index is -0.595. The Morgan fingerprint density at radius 2 is 2.44 bits per heavy atom. The van der Waals surface area contributed by atoms with Gasteiger partial charge in [-0.1, -0.05) is 5.10 Å². The molecule has 0 saturated heterocycles. The van der Waals surface area contributed by atoms with Crippen molar-refractivity contribution in [1.29, 1.82) is 0 Å². The number of nitrogen functional groups attached to an aromatic ring is 1. The molecule has 0 amide bonds. The summed E-state index contributed by atoms with van der Waals surface area (Å²) in [6.07, 6.45) is 0.902. The van der Waals surface area contributed by atoms with Crippen LogP contribution in [0.15, 0.2) is 11.0 Å². The van der Waals surface area contributed by atoms with Crippen LogP contribution in [0.4, 0.5) is 0 Å². The highest BCUT2D eigenvalue weighted by molar-refractivity contribution is 4.89. The smallest absolute Gasteiger partial charge is 0.335 e. The van der Waals surface area contributed by atoms with Gasteiger partial charge in [0.1, 0.15) is 6.20 Å². The summed E-state index contributed by atoms with van der Waals surface area (Å²) in [4.78, 5) is 10.4. The van der Waals surface area contributed by atoms with Crippen LogP contribution < -0.4 is 11.4 Å². The third kappa shape index (κ3) is 0.809. The second kappa shape index (κ2) is 1.73. The van der Waals surface area contributed by atoms with E-state index in [1.165, 1.54) is 0 Å². The van der Waals surface area contributed by atoms with Gasteiger partial charge in [0.05, 0.1) is 0 Å². The van der Waals surface area contributed by atoms with Crippen molar-refractivity contribution in [3.8, 4) is 6.01 Å². The first-order valence-corrected chi connectivity index (χ1v) is 2.10. The van der Waals surface area contributed by atoms with E-state index in [0.717, 1.165) is 6.20 Å². The number of aromatic hydroxyl groups is 1. The predicted octanol–water partition coefficient (Wildman–Crippen LogP) is -1.94. The Bertz CT molecular complexity index is 267. The van der Waals surface area contributed by atoms with E-state index in [-0.39, 0.29) is 0 Å². The van der Waals surface area contributed by atoms with E-state index < -0.39 is 11.6 Å². The third-order valence-electron chi connectivity index (χ3n) is 0.768. The molecule has 0 bridgehead atoms. The number of rotatable bonds is 0.